The second-order valence-corrected chi connectivity index (χ2v) is 8.27. The van der Waals surface area contributed by atoms with E-state index < -0.39 is 6.10 Å². The van der Waals surface area contributed by atoms with E-state index in [-0.39, 0.29) is 12.5 Å². The molecule has 1 atom stereocenters. The van der Waals surface area contributed by atoms with E-state index in [0.717, 1.165) is 5.69 Å². The highest BCUT2D eigenvalue weighted by Crippen LogP contribution is 2.31. The van der Waals surface area contributed by atoms with Crippen LogP contribution in [0.5, 0.6) is 11.5 Å². The van der Waals surface area contributed by atoms with E-state index in [2.05, 4.69) is 48.3 Å². The Labute approximate surface area is 182 Å². The average molecular weight is 426 g/mol. The SMILES string of the molecule is CC(C)c1ccc(NC(=S)N2CCN(C(=O)C3COc4ccccc4O3)CC2)cc1. The van der Waals surface area contributed by atoms with Crippen molar-refractivity contribution in [1.82, 2.24) is 9.80 Å². The molecular formula is C23H27N3O3S. The third kappa shape index (κ3) is 4.51. The molecule has 0 aliphatic carbocycles. The number of anilines is 1. The van der Waals surface area contributed by atoms with Crippen LogP contribution in [-0.2, 0) is 4.79 Å². The van der Waals surface area contributed by atoms with Gasteiger partial charge in [-0.1, -0.05) is 38.1 Å². The maximum atomic E-state index is 12.9. The number of carbonyl (C=O) groups is 1. The molecule has 158 valence electrons. The number of nitrogens with zero attached hydrogens (tertiary/aromatic N) is 2. The van der Waals surface area contributed by atoms with Crippen molar-refractivity contribution in [3.8, 4) is 11.5 Å². The summed E-state index contributed by atoms with van der Waals surface area (Å²) in [6.07, 6.45) is -0.601. The molecule has 2 heterocycles. The third-order valence-corrected chi connectivity index (χ3v) is 5.85. The van der Waals surface area contributed by atoms with Gasteiger partial charge in [0.15, 0.2) is 16.6 Å². The highest BCUT2D eigenvalue weighted by Gasteiger charge is 2.33. The molecule has 2 aliphatic heterocycles. The summed E-state index contributed by atoms with van der Waals surface area (Å²) in [5, 5.41) is 3.99. The first-order chi connectivity index (χ1) is 14.5. The van der Waals surface area contributed by atoms with Crippen LogP contribution in [0.2, 0.25) is 0 Å². The summed E-state index contributed by atoms with van der Waals surface area (Å²) in [4.78, 5) is 16.8. The summed E-state index contributed by atoms with van der Waals surface area (Å²) in [7, 11) is 0. The Bertz CT molecular complexity index is 908. The van der Waals surface area contributed by atoms with E-state index >= 15 is 0 Å². The summed E-state index contributed by atoms with van der Waals surface area (Å²) in [5.74, 6) is 1.77. The number of carbonyl (C=O) groups excluding carboxylic acids is 1. The summed E-state index contributed by atoms with van der Waals surface area (Å²) >= 11 is 5.58. The predicted molar refractivity (Wildman–Crippen MR) is 121 cm³/mol. The molecule has 2 aliphatic rings. The Balaban J connectivity index is 1.28. The third-order valence-electron chi connectivity index (χ3n) is 5.49. The van der Waals surface area contributed by atoms with Crippen molar-refractivity contribution in [1.29, 1.82) is 0 Å². The Morgan fingerprint density at radius 3 is 2.30 bits per heavy atom. The molecule has 7 heteroatoms. The minimum atomic E-state index is -0.601. The summed E-state index contributed by atoms with van der Waals surface area (Å²) in [6.45, 7) is 7.18. The van der Waals surface area contributed by atoms with Gasteiger partial charge in [0.05, 0.1) is 0 Å². The molecule has 0 aromatic heterocycles. The first-order valence-electron chi connectivity index (χ1n) is 10.3. The quantitative estimate of drug-likeness (QED) is 0.760. The van der Waals surface area contributed by atoms with Crippen LogP contribution >= 0.6 is 12.2 Å². The van der Waals surface area contributed by atoms with E-state index in [1.165, 1.54) is 5.56 Å². The standard InChI is InChI=1S/C23H27N3O3S/c1-16(2)17-7-9-18(10-8-17)24-23(30)26-13-11-25(12-14-26)22(27)21-15-28-19-5-3-4-6-20(19)29-21/h3-10,16,21H,11-15H2,1-2H3,(H,24,30). The van der Waals surface area contributed by atoms with Crippen LogP contribution in [0.25, 0.3) is 0 Å². The molecule has 1 N–H and O–H groups in total. The van der Waals surface area contributed by atoms with Crippen LogP contribution in [0.4, 0.5) is 5.69 Å². The van der Waals surface area contributed by atoms with Crippen molar-refractivity contribution in [3.63, 3.8) is 0 Å². The van der Waals surface area contributed by atoms with E-state index in [1.54, 1.807) is 0 Å². The molecule has 0 bridgehead atoms. The number of fused-ring (bicyclic) bond motifs is 1. The van der Waals surface area contributed by atoms with Gasteiger partial charge in [-0.3, -0.25) is 4.79 Å². The number of thiocarbonyl (C=S) groups is 1. The summed E-state index contributed by atoms with van der Waals surface area (Å²) in [5.41, 5.74) is 2.28. The van der Waals surface area contributed by atoms with E-state index in [0.29, 0.717) is 48.7 Å². The molecule has 1 saturated heterocycles. The van der Waals surface area contributed by atoms with Gasteiger partial charge in [0.1, 0.15) is 6.61 Å². The van der Waals surface area contributed by atoms with Gasteiger partial charge in [-0.15, -0.1) is 0 Å². The van der Waals surface area contributed by atoms with Crippen molar-refractivity contribution >= 4 is 28.9 Å². The maximum Gasteiger partial charge on any atom is 0.267 e. The molecule has 0 radical (unpaired) electrons. The number of para-hydroxylation sites is 2. The molecule has 1 amide bonds. The van der Waals surface area contributed by atoms with E-state index in [4.69, 9.17) is 21.7 Å². The molecule has 0 saturated carbocycles. The number of benzene rings is 2. The second-order valence-electron chi connectivity index (χ2n) is 7.88. The van der Waals surface area contributed by atoms with Crippen LogP contribution in [0.1, 0.15) is 25.3 Å². The molecule has 1 fully saturated rings. The van der Waals surface area contributed by atoms with Gasteiger partial charge in [0.25, 0.3) is 5.91 Å². The van der Waals surface area contributed by atoms with Crippen molar-refractivity contribution in [2.75, 3.05) is 38.1 Å². The van der Waals surface area contributed by atoms with Gasteiger partial charge < -0.3 is 24.6 Å². The van der Waals surface area contributed by atoms with Crippen LogP contribution in [0.3, 0.4) is 0 Å². The fraction of sp³-hybridized carbons (Fsp3) is 0.391. The smallest absolute Gasteiger partial charge is 0.267 e. The number of amides is 1. The molecule has 2 aromatic carbocycles. The minimum Gasteiger partial charge on any atom is -0.485 e. The van der Waals surface area contributed by atoms with Crippen molar-refractivity contribution in [2.24, 2.45) is 0 Å². The Kier molecular flexibility index (Phi) is 6.08. The topological polar surface area (TPSA) is 54.0 Å². The zero-order valence-electron chi connectivity index (χ0n) is 17.3. The minimum absolute atomic E-state index is 0.0349. The largest absolute Gasteiger partial charge is 0.485 e. The summed E-state index contributed by atoms with van der Waals surface area (Å²) < 4.78 is 11.5. The van der Waals surface area contributed by atoms with Gasteiger partial charge in [-0.25, -0.2) is 0 Å². The fourth-order valence-electron chi connectivity index (χ4n) is 3.63. The Morgan fingerprint density at radius 1 is 1.00 bits per heavy atom. The first-order valence-corrected chi connectivity index (χ1v) is 10.8. The first kappa shape index (κ1) is 20.5. The van der Waals surface area contributed by atoms with E-state index in [9.17, 15) is 4.79 Å². The Morgan fingerprint density at radius 2 is 1.63 bits per heavy atom. The van der Waals surface area contributed by atoms with Crippen LogP contribution in [-0.4, -0.2) is 59.7 Å². The molecule has 2 aromatic rings. The van der Waals surface area contributed by atoms with Crippen LogP contribution in [0, 0.1) is 0 Å². The monoisotopic (exact) mass is 425 g/mol. The number of hydrogen-bond acceptors (Lipinski definition) is 4. The van der Waals surface area contributed by atoms with Gasteiger partial charge in [-0.2, -0.15) is 0 Å². The number of piperazine rings is 1. The number of hydrogen-bond donors (Lipinski definition) is 1. The molecule has 0 spiro atoms. The maximum absolute atomic E-state index is 12.9. The highest BCUT2D eigenvalue weighted by atomic mass is 32.1. The molecule has 6 nitrogen and oxygen atoms in total. The fourth-order valence-corrected chi connectivity index (χ4v) is 3.93. The summed E-state index contributed by atoms with van der Waals surface area (Å²) in [6, 6.07) is 15.8. The normalized spacial score (nSPS) is 18.3. The molecule has 4 rings (SSSR count). The average Bonchev–Trinajstić information content (AvgIpc) is 2.78. The van der Waals surface area contributed by atoms with Gasteiger partial charge in [-0.05, 0) is 48.0 Å². The molecule has 1 unspecified atom stereocenters. The van der Waals surface area contributed by atoms with E-state index in [1.807, 2.05) is 29.2 Å². The molecular weight excluding hydrogens is 398 g/mol. The number of nitrogens with one attached hydrogen (secondary N) is 1. The van der Waals surface area contributed by atoms with Crippen molar-refractivity contribution in [3.05, 3.63) is 54.1 Å². The molecule has 30 heavy (non-hydrogen) atoms. The van der Waals surface area contributed by atoms with Crippen LogP contribution < -0.4 is 14.8 Å². The van der Waals surface area contributed by atoms with Crippen molar-refractivity contribution < 1.29 is 14.3 Å². The number of rotatable bonds is 3. The van der Waals surface area contributed by atoms with Crippen molar-refractivity contribution in [2.45, 2.75) is 25.9 Å². The number of ether oxygens (including phenoxy) is 2. The zero-order chi connectivity index (χ0) is 21.1. The Hall–Kier alpha value is -2.80. The highest BCUT2D eigenvalue weighted by molar-refractivity contribution is 7.80. The predicted octanol–water partition coefficient (Wildman–Crippen LogP) is 3.49. The van der Waals surface area contributed by atoms with Gasteiger partial charge >= 0.3 is 0 Å². The lowest BCUT2D eigenvalue weighted by Gasteiger charge is -2.38. The second kappa shape index (κ2) is 8.92. The lowest BCUT2D eigenvalue weighted by molar-refractivity contribution is -0.142. The van der Waals surface area contributed by atoms with Crippen LogP contribution in [0.15, 0.2) is 48.5 Å². The lowest BCUT2D eigenvalue weighted by Crippen LogP contribution is -2.55. The van der Waals surface area contributed by atoms with Gasteiger partial charge in [0.2, 0.25) is 6.10 Å². The zero-order valence-corrected chi connectivity index (χ0v) is 18.2. The van der Waals surface area contributed by atoms with Gasteiger partial charge in [0, 0.05) is 31.9 Å². The lowest BCUT2D eigenvalue weighted by atomic mass is 10.0.